The van der Waals surface area contributed by atoms with Crippen LogP contribution >= 0.6 is 11.8 Å². The molecule has 3 nitrogen and oxygen atoms in total. The highest BCUT2D eigenvalue weighted by molar-refractivity contribution is 7.98. The fourth-order valence-corrected chi connectivity index (χ4v) is 1.86. The van der Waals surface area contributed by atoms with Crippen molar-refractivity contribution in [2.45, 2.75) is 19.4 Å². The van der Waals surface area contributed by atoms with Crippen LogP contribution in [0.5, 0.6) is 0 Å². The molecule has 5 heteroatoms. The highest BCUT2D eigenvalue weighted by Gasteiger charge is 2.13. The lowest BCUT2D eigenvalue weighted by Crippen LogP contribution is -2.36. The summed E-state index contributed by atoms with van der Waals surface area (Å²) in [5.41, 5.74) is 7.03. The Morgan fingerprint density at radius 2 is 2.29 bits per heavy atom. The zero-order chi connectivity index (χ0) is 12.8. The predicted molar refractivity (Wildman–Crippen MR) is 70.7 cm³/mol. The Labute approximate surface area is 105 Å². The number of benzene rings is 1. The smallest absolute Gasteiger partial charge is 0.241 e. The van der Waals surface area contributed by atoms with E-state index in [0.29, 0.717) is 17.7 Å². The van der Waals surface area contributed by atoms with Crippen LogP contribution in [0, 0.1) is 12.7 Å². The van der Waals surface area contributed by atoms with Gasteiger partial charge in [-0.25, -0.2) is 4.39 Å². The predicted octanol–water partition coefficient (Wildman–Crippen LogP) is 2.15. The summed E-state index contributed by atoms with van der Waals surface area (Å²) in [4.78, 5) is 11.7. The third kappa shape index (κ3) is 4.36. The van der Waals surface area contributed by atoms with Gasteiger partial charge in [0.15, 0.2) is 0 Å². The molecular weight excluding hydrogens is 239 g/mol. The van der Waals surface area contributed by atoms with Crippen LogP contribution in [0.3, 0.4) is 0 Å². The van der Waals surface area contributed by atoms with Crippen molar-refractivity contribution in [2.75, 3.05) is 17.3 Å². The van der Waals surface area contributed by atoms with E-state index < -0.39 is 6.04 Å². The second-order valence-electron chi connectivity index (χ2n) is 3.84. The zero-order valence-corrected chi connectivity index (χ0v) is 10.8. The van der Waals surface area contributed by atoms with Gasteiger partial charge in [0.25, 0.3) is 0 Å². The quantitative estimate of drug-likeness (QED) is 0.848. The third-order valence-electron chi connectivity index (χ3n) is 2.42. The number of aryl methyl sites for hydroxylation is 1. The number of hydrogen-bond donors (Lipinski definition) is 2. The van der Waals surface area contributed by atoms with Crippen LogP contribution in [0.15, 0.2) is 18.2 Å². The minimum atomic E-state index is -0.521. The molecule has 3 N–H and O–H groups in total. The van der Waals surface area contributed by atoms with Crippen LogP contribution in [0.25, 0.3) is 0 Å². The Hall–Kier alpha value is -1.07. The van der Waals surface area contributed by atoms with Crippen LogP contribution in [-0.4, -0.2) is 24.0 Å². The number of hydrogen-bond acceptors (Lipinski definition) is 3. The first-order valence-corrected chi connectivity index (χ1v) is 6.75. The van der Waals surface area contributed by atoms with E-state index in [1.165, 1.54) is 12.1 Å². The van der Waals surface area contributed by atoms with E-state index in [-0.39, 0.29) is 11.7 Å². The van der Waals surface area contributed by atoms with E-state index >= 15 is 0 Å². The maximum atomic E-state index is 12.9. The fourth-order valence-electron chi connectivity index (χ4n) is 1.37. The molecule has 0 heterocycles. The number of rotatable bonds is 5. The lowest BCUT2D eigenvalue weighted by molar-refractivity contribution is -0.117. The molecule has 0 radical (unpaired) electrons. The van der Waals surface area contributed by atoms with E-state index in [1.807, 2.05) is 6.26 Å². The van der Waals surface area contributed by atoms with E-state index in [2.05, 4.69) is 5.32 Å². The van der Waals surface area contributed by atoms with Gasteiger partial charge in [-0.1, -0.05) is 0 Å². The number of nitrogens with two attached hydrogens (primary N) is 1. The van der Waals surface area contributed by atoms with Crippen molar-refractivity contribution in [1.29, 1.82) is 0 Å². The topological polar surface area (TPSA) is 55.1 Å². The third-order valence-corrected chi connectivity index (χ3v) is 3.06. The van der Waals surface area contributed by atoms with Gasteiger partial charge in [-0.05, 0) is 49.1 Å². The Bertz CT molecular complexity index is 398. The number of halogens is 1. The molecule has 0 aromatic heterocycles. The SMILES string of the molecule is CSCC[C@@H](N)C(=O)Nc1ccc(F)cc1C. The van der Waals surface area contributed by atoms with E-state index in [0.717, 1.165) is 5.75 Å². The Kier molecular flexibility index (Phi) is 5.44. The van der Waals surface area contributed by atoms with Gasteiger partial charge < -0.3 is 11.1 Å². The molecule has 0 spiro atoms. The van der Waals surface area contributed by atoms with Crippen LogP contribution in [0.2, 0.25) is 0 Å². The molecule has 94 valence electrons. The van der Waals surface area contributed by atoms with Crippen molar-refractivity contribution in [2.24, 2.45) is 5.73 Å². The molecule has 0 saturated carbocycles. The zero-order valence-electron chi connectivity index (χ0n) is 10.00. The summed E-state index contributed by atoms with van der Waals surface area (Å²) in [7, 11) is 0. The van der Waals surface area contributed by atoms with Gasteiger partial charge >= 0.3 is 0 Å². The summed E-state index contributed by atoms with van der Waals surface area (Å²) in [6.07, 6.45) is 2.60. The number of nitrogens with one attached hydrogen (secondary N) is 1. The van der Waals surface area contributed by atoms with E-state index in [1.54, 1.807) is 24.8 Å². The van der Waals surface area contributed by atoms with Crippen molar-refractivity contribution in [3.8, 4) is 0 Å². The maximum absolute atomic E-state index is 12.9. The summed E-state index contributed by atoms with van der Waals surface area (Å²) in [6, 6.07) is 3.72. The van der Waals surface area contributed by atoms with Crippen LogP contribution in [0.1, 0.15) is 12.0 Å². The largest absolute Gasteiger partial charge is 0.324 e. The highest BCUT2D eigenvalue weighted by Crippen LogP contribution is 2.16. The molecule has 0 bridgehead atoms. The Morgan fingerprint density at radius 1 is 1.59 bits per heavy atom. The number of amides is 1. The molecule has 1 amide bonds. The first kappa shape index (κ1) is 14.0. The first-order chi connectivity index (χ1) is 8.04. The number of carbonyl (C=O) groups excluding carboxylic acids is 1. The molecule has 17 heavy (non-hydrogen) atoms. The maximum Gasteiger partial charge on any atom is 0.241 e. The highest BCUT2D eigenvalue weighted by atomic mass is 32.2. The molecule has 0 fully saturated rings. The normalized spacial score (nSPS) is 12.2. The summed E-state index contributed by atoms with van der Waals surface area (Å²) in [5, 5.41) is 2.71. The van der Waals surface area contributed by atoms with Crippen molar-refractivity contribution in [3.05, 3.63) is 29.6 Å². The van der Waals surface area contributed by atoms with Gasteiger partial charge in [0.05, 0.1) is 6.04 Å². The lowest BCUT2D eigenvalue weighted by Gasteiger charge is -2.13. The van der Waals surface area contributed by atoms with Gasteiger partial charge in [0.2, 0.25) is 5.91 Å². The molecular formula is C12H17FN2OS. The Balaban J connectivity index is 2.61. The average molecular weight is 256 g/mol. The van der Waals surface area contributed by atoms with Crippen LogP contribution in [-0.2, 0) is 4.79 Å². The molecule has 1 rings (SSSR count). The lowest BCUT2D eigenvalue weighted by atomic mass is 10.1. The standard InChI is InChI=1S/C12H17FN2OS/c1-8-7-9(13)3-4-11(8)15-12(16)10(14)5-6-17-2/h3-4,7,10H,5-6,14H2,1-2H3,(H,15,16)/t10-/m1/s1. The first-order valence-electron chi connectivity index (χ1n) is 5.36. The fraction of sp³-hybridized carbons (Fsp3) is 0.417. The summed E-state index contributed by atoms with van der Waals surface area (Å²) >= 11 is 1.65. The average Bonchev–Trinajstić information content (AvgIpc) is 2.29. The van der Waals surface area contributed by atoms with E-state index in [9.17, 15) is 9.18 Å². The van der Waals surface area contributed by atoms with Crippen molar-refractivity contribution in [1.82, 2.24) is 0 Å². The van der Waals surface area contributed by atoms with Gasteiger partial charge in [0, 0.05) is 5.69 Å². The molecule has 0 aliphatic heterocycles. The monoisotopic (exact) mass is 256 g/mol. The second kappa shape index (κ2) is 6.61. The number of carbonyl (C=O) groups is 1. The molecule has 1 atom stereocenters. The summed E-state index contributed by atoms with van der Waals surface area (Å²) in [6.45, 7) is 1.74. The van der Waals surface area contributed by atoms with Crippen LogP contribution < -0.4 is 11.1 Å². The van der Waals surface area contributed by atoms with Gasteiger partial charge in [-0.15, -0.1) is 0 Å². The molecule has 1 aromatic rings. The minimum Gasteiger partial charge on any atom is -0.324 e. The van der Waals surface area contributed by atoms with Gasteiger partial charge in [0.1, 0.15) is 5.82 Å². The summed E-state index contributed by atoms with van der Waals surface area (Å²) in [5.74, 6) is 0.303. The molecule has 0 aliphatic carbocycles. The van der Waals surface area contributed by atoms with Gasteiger partial charge in [-0.3, -0.25) is 4.79 Å². The molecule has 0 unspecified atom stereocenters. The van der Waals surface area contributed by atoms with E-state index in [4.69, 9.17) is 5.73 Å². The molecule has 0 aliphatic rings. The second-order valence-corrected chi connectivity index (χ2v) is 4.82. The number of thioether (sulfide) groups is 1. The van der Waals surface area contributed by atoms with Crippen molar-refractivity contribution >= 4 is 23.4 Å². The Morgan fingerprint density at radius 3 is 2.88 bits per heavy atom. The molecule has 0 saturated heterocycles. The summed E-state index contributed by atoms with van der Waals surface area (Å²) < 4.78 is 12.9. The van der Waals surface area contributed by atoms with Crippen molar-refractivity contribution < 1.29 is 9.18 Å². The van der Waals surface area contributed by atoms with Crippen molar-refractivity contribution in [3.63, 3.8) is 0 Å². The molecule has 1 aromatic carbocycles. The van der Waals surface area contributed by atoms with Crippen LogP contribution in [0.4, 0.5) is 10.1 Å². The van der Waals surface area contributed by atoms with Gasteiger partial charge in [-0.2, -0.15) is 11.8 Å². The minimum absolute atomic E-state index is 0.228. The number of anilines is 1.